The maximum absolute atomic E-state index is 13.4. The van der Waals surface area contributed by atoms with Crippen molar-refractivity contribution in [3.8, 4) is 0 Å². The van der Waals surface area contributed by atoms with Crippen LogP contribution in [0.1, 0.15) is 5.69 Å². The Bertz CT molecular complexity index is 741. The van der Waals surface area contributed by atoms with Gasteiger partial charge in [0.05, 0.1) is 12.2 Å². The lowest BCUT2D eigenvalue weighted by Crippen LogP contribution is -2.40. The number of hydrogen-bond donors (Lipinski definition) is 2. The zero-order valence-electron chi connectivity index (χ0n) is 13.6. The summed E-state index contributed by atoms with van der Waals surface area (Å²) >= 11 is 0. The zero-order chi connectivity index (χ0) is 18.2. The van der Waals surface area contributed by atoms with Crippen molar-refractivity contribution in [1.82, 2.24) is 15.2 Å². The Hall–Kier alpha value is -3.03. The number of nitrogens with zero attached hydrogens (tertiary/aromatic N) is 2. The lowest BCUT2D eigenvalue weighted by Gasteiger charge is -2.17. The fourth-order valence-electron chi connectivity index (χ4n) is 2.00. The molecule has 0 saturated carbocycles. The molecule has 0 saturated heterocycles. The van der Waals surface area contributed by atoms with Crippen molar-refractivity contribution in [2.75, 3.05) is 25.5 Å². The molecular formula is C17H18F2N4O2. The van der Waals surface area contributed by atoms with Crippen LogP contribution in [-0.4, -0.2) is 42.0 Å². The number of amides is 3. The predicted octanol–water partition coefficient (Wildman–Crippen LogP) is 2.18. The van der Waals surface area contributed by atoms with E-state index in [-0.39, 0.29) is 18.1 Å². The molecule has 2 rings (SSSR count). The molecule has 3 amide bonds. The van der Waals surface area contributed by atoms with Crippen LogP contribution in [0.2, 0.25) is 0 Å². The first-order chi connectivity index (χ1) is 12.0. The van der Waals surface area contributed by atoms with E-state index in [1.165, 1.54) is 4.90 Å². The van der Waals surface area contributed by atoms with Crippen molar-refractivity contribution in [3.63, 3.8) is 0 Å². The third-order valence-corrected chi connectivity index (χ3v) is 3.43. The van der Waals surface area contributed by atoms with Gasteiger partial charge in [0.25, 0.3) is 0 Å². The maximum atomic E-state index is 13.4. The number of nitrogens with one attached hydrogen (secondary N) is 2. The number of anilines is 1. The number of pyridine rings is 1. The Balaban J connectivity index is 1.75. The quantitative estimate of drug-likeness (QED) is 0.840. The number of likely N-dealkylation sites (N-methyl/N-ethyl adjacent to an activating group) is 1. The molecule has 2 N–H and O–H groups in total. The molecule has 0 fully saturated rings. The highest BCUT2D eigenvalue weighted by atomic mass is 19.1. The topological polar surface area (TPSA) is 74.3 Å². The van der Waals surface area contributed by atoms with Crippen molar-refractivity contribution >= 4 is 17.6 Å². The number of aromatic nitrogens is 1. The van der Waals surface area contributed by atoms with E-state index in [0.717, 1.165) is 17.8 Å². The van der Waals surface area contributed by atoms with Crippen LogP contribution in [0.3, 0.4) is 0 Å². The highest BCUT2D eigenvalue weighted by Crippen LogP contribution is 2.14. The van der Waals surface area contributed by atoms with Gasteiger partial charge in [-0.2, -0.15) is 0 Å². The van der Waals surface area contributed by atoms with E-state index in [0.29, 0.717) is 19.0 Å². The van der Waals surface area contributed by atoms with Crippen LogP contribution in [-0.2, 0) is 11.2 Å². The van der Waals surface area contributed by atoms with Gasteiger partial charge in [0, 0.05) is 38.0 Å². The molecule has 25 heavy (non-hydrogen) atoms. The number of rotatable bonds is 6. The summed E-state index contributed by atoms with van der Waals surface area (Å²) in [6.07, 6.45) is 2.27. The molecule has 8 heteroatoms. The molecule has 0 aliphatic rings. The van der Waals surface area contributed by atoms with Crippen LogP contribution in [0, 0.1) is 11.6 Å². The minimum atomic E-state index is -0.894. The van der Waals surface area contributed by atoms with Crippen LogP contribution >= 0.6 is 0 Å². The van der Waals surface area contributed by atoms with E-state index in [4.69, 9.17) is 0 Å². The van der Waals surface area contributed by atoms with Crippen molar-refractivity contribution in [3.05, 3.63) is 59.9 Å². The molecule has 2 aromatic rings. The number of urea groups is 1. The van der Waals surface area contributed by atoms with Crippen LogP contribution in [0.15, 0.2) is 42.6 Å². The summed E-state index contributed by atoms with van der Waals surface area (Å²) in [6.45, 7) is 0.207. The average molecular weight is 348 g/mol. The van der Waals surface area contributed by atoms with Gasteiger partial charge < -0.3 is 15.5 Å². The summed E-state index contributed by atoms with van der Waals surface area (Å²) in [5.74, 6) is -1.94. The summed E-state index contributed by atoms with van der Waals surface area (Å²) in [5, 5.41) is 4.55. The lowest BCUT2D eigenvalue weighted by atomic mass is 10.2. The second-order valence-electron chi connectivity index (χ2n) is 5.32. The normalized spacial score (nSPS) is 10.2. The highest BCUT2D eigenvalue weighted by molar-refractivity contribution is 5.92. The van der Waals surface area contributed by atoms with Gasteiger partial charge in [-0.1, -0.05) is 6.07 Å². The molecular weight excluding hydrogens is 330 g/mol. The molecule has 0 bridgehead atoms. The summed E-state index contributed by atoms with van der Waals surface area (Å²) in [5.41, 5.74) is 0.689. The van der Waals surface area contributed by atoms with E-state index < -0.39 is 17.7 Å². The lowest BCUT2D eigenvalue weighted by molar-refractivity contribution is -0.128. The smallest absolute Gasteiger partial charge is 0.319 e. The Morgan fingerprint density at radius 3 is 2.68 bits per heavy atom. The number of carbonyl (C=O) groups excluding carboxylic acids is 2. The van der Waals surface area contributed by atoms with Gasteiger partial charge in [0.2, 0.25) is 5.91 Å². The molecule has 1 aromatic carbocycles. The van der Waals surface area contributed by atoms with Gasteiger partial charge in [0.1, 0.15) is 11.6 Å². The van der Waals surface area contributed by atoms with Crippen LogP contribution in [0.5, 0.6) is 0 Å². The molecule has 0 atom stereocenters. The first-order valence-electron chi connectivity index (χ1n) is 7.59. The second-order valence-corrected chi connectivity index (χ2v) is 5.32. The van der Waals surface area contributed by atoms with Gasteiger partial charge in [-0.05, 0) is 24.3 Å². The van der Waals surface area contributed by atoms with Crippen LogP contribution < -0.4 is 10.6 Å². The first kappa shape index (κ1) is 18.3. The third kappa shape index (κ3) is 5.83. The molecule has 0 radical (unpaired) electrons. The Morgan fingerprint density at radius 2 is 2.00 bits per heavy atom. The van der Waals surface area contributed by atoms with Crippen LogP contribution in [0.4, 0.5) is 19.3 Å². The van der Waals surface area contributed by atoms with Crippen molar-refractivity contribution in [2.24, 2.45) is 0 Å². The molecule has 0 spiro atoms. The average Bonchev–Trinajstić information content (AvgIpc) is 2.61. The molecule has 1 aromatic heterocycles. The number of carbonyl (C=O) groups is 2. The van der Waals surface area contributed by atoms with Crippen LogP contribution in [0.25, 0.3) is 0 Å². The summed E-state index contributed by atoms with van der Waals surface area (Å²) in [7, 11) is 1.62. The monoisotopic (exact) mass is 348 g/mol. The van der Waals surface area contributed by atoms with Gasteiger partial charge >= 0.3 is 6.03 Å². The van der Waals surface area contributed by atoms with Gasteiger partial charge in [-0.3, -0.25) is 9.78 Å². The van der Waals surface area contributed by atoms with E-state index in [1.807, 2.05) is 18.2 Å². The fourth-order valence-corrected chi connectivity index (χ4v) is 2.00. The Morgan fingerprint density at radius 1 is 1.20 bits per heavy atom. The first-order valence-corrected chi connectivity index (χ1v) is 7.59. The Labute approximate surface area is 143 Å². The molecule has 132 valence electrons. The number of hydrogen-bond acceptors (Lipinski definition) is 3. The summed E-state index contributed by atoms with van der Waals surface area (Å²) in [6, 6.07) is 7.57. The maximum Gasteiger partial charge on any atom is 0.319 e. The van der Waals surface area contributed by atoms with Crippen molar-refractivity contribution in [2.45, 2.75) is 6.42 Å². The third-order valence-electron chi connectivity index (χ3n) is 3.43. The molecule has 6 nitrogen and oxygen atoms in total. The standard InChI is InChI=1S/C17H18F2N4O2/c1-23(9-7-13-4-2-3-8-20-13)16(24)11-21-17(25)22-15-6-5-12(18)10-14(15)19/h2-6,8,10H,7,9,11H2,1H3,(H2,21,22,25). The van der Waals surface area contributed by atoms with Gasteiger partial charge in [-0.15, -0.1) is 0 Å². The minimum Gasteiger partial charge on any atom is -0.344 e. The highest BCUT2D eigenvalue weighted by Gasteiger charge is 2.12. The summed E-state index contributed by atoms with van der Waals surface area (Å²) in [4.78, 5) is 29.3. The number of benzene rings is 1. The second kappa shape index (κ2) is 8.72. The van der Waals surface area contributed by atoms with Crippen molar-refractivity contribution in [1.29, 1.82) is 0 Å². The van der Waals surface area contributed by atoms with E-state index in [2.05, 4.69) is 15.6 Å². The predicted molar refractivity (Wildman–Crippen MR) is 89.0 cm³/mol. The molecule has 0 aliphatic heterocycles. The van der Waals surface area contributed by atoms with E-state index in [9.17, 15) is 18.4 Å². The zero-order valence-corrected chi connectivity index (χ0v) is 13.6. The largest absolute Gasteiger partial charge is 0.344 e. The number of halogens is 2. The molecule has 1 heterocycles. The SMILES string of the molecule is CN(CCc1ccccn1)C(=O)CNC(=O)Nc1ccc(F)cc1F. The fraction of sp³-hybridized carbons (Fsp3) is 0.235. The van der Waals surface area contributed by atoms with Gasteiger partial charge in [0.15, 0.2) is 0 Å². The Kier molecular flexibility index (Phi) is 6.39. The van der Waals surface area contributed by atoms with Crippen molar-refractivity contribution < 1.29 is 18.4 Å². The van der Waals surface area contributed by atoms with Gasteiger partial charge in [-0.25, -0.2) is 13.6 Å². The van der Waals surface area contributed by atoms with E-state index >= 15 is 0 Å². The van der Waals surface area contributed by atoms with E-state index in [1.54, 1.807) is 13.2 Å². The summed E-state index contributed by atoms with van der Waals surface area (Å²) < 4.78 is 26.2. The molecule has 0 aliphatic carbocycles. The molecule has 0 unspecified atom stereocenters. The minimum absolute atomic E-state index is 0.171.